The number of nitrogens with one attached hydrogen (secondary N) is 2. The van der Waals surface area contributed by atoms with Crippen LogP contribution in [0.1, 0.15) is 20.3 Å². The second kappa shape index (κ2) is 9.52. The quantitative estimate of drug-likeness (QED) is 0.561. The number of hydrogen-bond donors (Lipinski definition) is 3. The van der Waals surface area contributed by atoms with Crippen LogP contribution in [-0.2, 0) is 9.47 Å². The van der Waals surface area contributed by atoms with Crippen molar-refractivity contribution in [1.82, 2.24) is 10.6 Å². The molecule has 0 aromatic carbocycles. The Morgan fingerprint density at radius 2 is 2.00 bits per heavy atom. The van der Waals surface area contributed by atoms with Gasteiger partial charge in [0.1, 0.15) is 0 Å². The first kappa shape index (κ1) is 20.5. The van der Waals surface area contributed by atoms with Gasteiger partial charge in [0.25, 0.3) is 0 Å². The summed E-state index contributed by atoms with van der Waals surface area (Å²) < 4.78 is 48.2. The third-order valence-corrected chi connectivity index (χ3v) is 2.81. The first-order chi connectivity index (χ1) is 10.2. The van der Waals surface area contributed by atoms with Crippen molar-refractivity contribution < 1.29 is 32.5 Å². The van der Waals surface area contributed by atoms with Crippen molar-refractivity contribution in [3.05, 3.63) is 12.3 Å². The number of amides is 2. The number of ether oxygens (including phenoxy) is 2. The molecule has 130 valence electrons. The van der Waals surface area contributed by atoms with Crippen LogP contribution in [0.5, 0.6) is 0 Å². The van der Waals surface area contributed by atoms with E-state index in [1.54, 1.807) is 13.8 Å². The normalized spacial score (nSPS) is 16.1. The van der Waals surface area contributed by atoms with Gasteiger partial charge in [-0.2, -0.15) is 13.2 Å². The van der Waals surface area contributed by atoms with Gasteiger partial charge in [0.15, 0.2) is 5.60 Å². The number of rotatable bonds is 9. The maximum Gasteiger partial charge on any atom is 0.422 e. The lowest BCUT2D eigenvalue weighted by Gasteiger charge is -2.28. The molecule has 0 aromatic rings. The molecule has 0 saturated heterocycles. The molecule has 0 aliphatic rings. The first-order valence-electron chi connectivity index (χ1n) is 6.81. The zero-order valence-electron chi connectivity index (χ0n) is 12.9. The SMILES string of the molecule is CCOC=CC(O)(CNC(=O)NC(CC)COC)C(F)(F)F. The Labute approximate surface area is 127 Å². The lowest BCUT2D eigenvalue weighted by atomic mass is 10.0. The Bertz CT molecular complexity index is 364. The van der Waals surface area contributed by atoms with Gasteiger partial charge in [-0.1, -0.05) is 6.92 Å². The number of carbonyl (C=O) groups is 1. The Morgan fingerprint density at radius 1 is 1.36 bits per heavy atom. The van der Waals surface area contributed by atoms with Crippen LogP contribution < -0.4 is 10.6 Å². The number of alkyl halides is 3. The van der Waals surface area contributed by atoms with Crippen molar-refractivity contribution in [2.45, 2.75) is 38.1 Å². The minimum absolute atomic E-state index is 0.160. The van der Waals surface area contributed by atoms with E-state index >= 15 is 0 Å². The van der Waals surface area contributed by atoms with E-state index in [-0.39, 0.29) is 19.3 Å². The largest absolute Gasteiger partial charge is 0.502 e. The van der Waals surface area contributed by atoms with E-state index in [2.05, 4.69) is 10.1 Å². The average molecular weight is 328 g/mol. The molecule has 0 radical (unpaired) electrons. The summed E-state index contributed by atoms with van der Waals surface area (Å²) >= 11 is 0. The Morgan fingerprint density at radius 3 is 2.45 bits per heavy atom. The highest BCUT2D eigenvalue weighted by Gasteiger charge is 2.52. The van der Waals surface area contributed by atoms with Gasteiger partial charge in [-0.05, 0) is 19.4 Å². The topological polar surface area (TPSA) is 79.8 Å². The number of hydrogen-bond acceptors (Lipinski definition) is 4. The maximum absolute atomic E-state index is 12.9. The zero-order valence-corrected chi connectivity index (χ0v) is 12.9. The average Bonchev–Trinajstić information content (AvgIpc) is 2.43. The molecule has 22 heavy (non-hydrogen) atoms. The highest BCUT2D eigenvalue weighted by molar-refractivity contribution is 5.74. The summed E-state index contributed by atoms with van der Waals surface area (Å²) in [5.41, 5.74) is -3.21. The molecule has 0 aliphatic heterocycles. The second-order valence-corrected chi connectivity index (χ2v) is 4.57. The monoisotopic (exact) mass is 328 g/mol. The number of halogens is 3. The molecule has 0 fully saturated rings. The van der Waals surface area contributed by atoms with Crippen molar-refractivity contribution >= 4 is 6.03 Å². The van der Waals surface area contributed by atoms with Crippen molar-refractivity contribution in [2.24, 2.45) is 0 Å². The van der Waals surface area contributed by atoms with E-state index in [1.807, 2.05) is 5.32 Å². The molecule has 0 heterocycles. The predicted octanol–water partition coefficient (Wildman–Crippen LogP) is 1.55. The van der Waals surface area contributed by atoms with Crippen LogP contribution in [-0.4, -0.2) is 55.8 Å². The van der Waals surface area contributed by atoms with Crippen LogP contribution in [0.15, 0.2) is 12.3 Å². The van der Waals surface area contributed by atoms with E-state index in [4.69, 9.17) is 4.74 Å². The smallest absolute Gasteiger partial charge is 0.422 e. The molecule has 0 aromatic heterocycles. The van der Waals surface area contributed by atoms with Crippen LogP contribution >= 0.6 is 0 Å². The Hall–Kier alpha value is -1.48. The fraction of sp³-hybridized carbons (Fsp3) is 0.769. The third-order valence-electron chi connectivity index (χ3n) is 2.81. The second-order valence-electron chi connectivity index (χ2n) is 4.57. The van der Waals surface area contributed by atoms with Crippen molar-refractivity contribution in [3.8, 4) is 0 Å². The van der Waals surface area contributed by atoms with Gasteiger partial charge in [-0.15, -0.1) is 0 Å². The summed E-state index contributed by atoms with van der Waals surface area (Å²) in [4.78, 5) is 11.6. The van der Waals surface area contributed by atoms with Crippen molar-refractivity contribution in [3.63, 3.8) is 0 Å². The molecular weight excluding hydrogens is 305 g/mol. The molecule has 0 aliphatic carbocycles. The van der Waals surface area contributed by atoms with Crippen LogP contribution in [0.3, 0.4) is 0 Å². The number of aliphatic hydroxyl groups is 1. The summed E-state index contributed by atoms with van der Waals surface area (Å²) in [6.45, 7) is 2.74. The molecule has 0 bridgehead atoms. The molecule has 3 N–H and O–H groups in total. The molecule has 0 spiro atoms. The van der Waals surface area contributed by atoms with Crippen molar-refractivity contribution in [1.29, 1.82) is 0 Å². The molecule has 2 amide bonds. The molecular formula is C13H23F3N2O4. The van der Waals surface area contributed by atoms with Gasteiger partial charge >= 0.3 is 12.2 Å². The number of methoxy groups -OCH3 is 1. The zero-order chi connectivity index (χ0) is 17.2. The molecule has 0 rings (SSSR count). The number of urea groups is 1. The predicted molar refractivity (Wildman–Crippen MR) is 74.3 cm³/mol. The standard InChI is InChI=1S/C13H23F3N2O4/c1-4-10(8-21-3)18-11(19)17-9-12(20,13(14,15)16)6-7-22-5-2/h6-7,10,20H,4-5,8-9H2,1-3H3,(H2,17,18,19). The van der Waals surface area contributed by atoms with E-state index in [0.29, 0.717) is 12.5 Å². The summed E-state index contributed by atoms with van der Waals surface area (Å²) in [5, 5.41) is 14.1. The summed E-state index contributed by atoms with van der Waals surface area (Å²) in [5.74, 6) is 0. The fourth-order valence-electron chi connectivity index (χ4n) is 1.42. The summed E-state index contributed by atoms with van der Waals surface area (Å²) in [7, 11) is 1.45. The van der Waals surface area contributed by atoms with Crippen LogP contribution in [0.2, 0.25) is 0 Å². The molecule has 9 heteroatoms. The minimum atomic E-state index is -4.95. The fourth-order valence-corrected chi connectivity index (χ4v) is 1.42. The Balaban J connectivity index is 4.66. The van der Waals surface area contributed by atoms with E-state index < -0.39 is 24.4 Å². The van der Waals surface area contributed by atoms with Gasteiger partial charge < -0.3 is 25.2 Å². The van der Waals surface area contributed by atoms with Crippen molar-refractivity contribution in [2.75, 3.05) is 26.9 Å². The lowest BCUT2D eigenvalue weighted by Crippen LogP contribution is -2.55. The summed E-state index contributed by atoms with van der Waals surface area (Å²) in [6, 6.07) is -1.15. The van der Waals surface area contributed by atoms with E-state index in [0.717, 1.165) is 6.26 Å². The third kappa shape index (κ3) is 6.99. The van der Waals surface area contributed by atoms with Gasteiger partial charge in [-0.3, -0.25) is 0 Å². The molecule has 2 atom stereocenters. The highest BCUT2D eigenvalue weighted by atomic mass is 19.4. The number of carbonyl (C=O) groups excluding carboxylic acids is 1. The molecule has 6 nitrogen and oxygen atoms in total. The van der Waals surface area contributed by atoms with Gasteiger partial charge in [-0.25, -0.2) is 4.79 Å². The lowest BCUT2D eigenvalue weighted by molar-refractivity contribution is -0.237. The van der Waals surface area contributed by atoms with Gasteiger partial charge in [0, 0.05) is 7.11 Å². The Kier molecular flexibility index (Phi) is 8.88. The summed E-state index contributed by atoms with van der Waals surface area (Å²) in [6.07, 6.45) is -3.18. The molecule has 2 unspecified atom stereocenters. The van der Waals surface area contributed by atoms with Gasteiger partial charge in [0.2, 0.25) is 0 Å². The van der Waals surface area contributed by atoms with Gasteiger partial charge in [0.05, 0.1) is 32.1 Å². The maximum atomic E-state index is 12.9. The molecule has 0 saturated carbocycles. The minimum Gasteiger partial charge on any atom is -0.502 e. The van der Waals surface area contributed by atoms with Crippen LogP contribution in [0, 0.1) is 0 Å². The highest BCUT2D eigenvalue weighted by Crippen LogP contribution is 2.31. The van der Waals surface area contributed by atoms with Crippen LogP contribution in [0.4, 0.5) is 18.0 Å². The van der Waals surface area contributed by atoms with E-state index in [9.17, 15) is 23.1 Å². The van der Waals surface area contributed by atoms with Crippen LogP contribution in [0.25, 0.3) is 0 Å². The van der Waals surface area contributed by atoms with E-state index in [1.165, 1.54) is 7.11 Å². The first-order valence-corrected chi connectivity index (χ1v) is 6.81.